The number of aromatic nitrogens is 2. The van der Waals surface area contributed by atoms with Gasteiger partial charge in [-0.2, -0.15) is 5.10 Å². The summed E-state index contributed by atoms with van der Waals surface area (Å²) in [5, 5.41) is 13.3. The molecular weight excluding hydrogens is 352 g/mol. The Morgan fingerprint density at radius 2 is 1.50 bits per heavy atom. The first-order valence-electron chi connectivity index (χ1n) is 8.65. The Morgan fingerprint density at radius 1 is 0.857 bits per heavy atom. The van der Waals surface area contributed by atoms with Crippen molar-refractivity contribution in [3.05, 3.63) is 90.1 Å². The highest BCUT2D eigenvalue weighted by atomic mass is 16.3. The van der Waals surface area contributed by atoms with Crippen molar-refractivity contribution in [2.24, 2.45) is 5.10 Å². The molecule has 1 amide bonds. The average Bonchev–Trinajstić information content (AvgIpc) is 2.75. The van der Waals surface area contributed by atoms with Crippen LogP contribution < -0.4 is 5.43 Å². The molecule has 0 bridgehead atoms. The number of carbonyl (C=O) groups excluding carboxylic acids is 1. The van der Waals surface area contributed by atoms with E-state index in [4.69, 9.17) is 0 Å². The normalized spacial score (nSPS) is 11.0. The molecule has 6 nitrogen and oxygen atoms in total. The molecule has 0 saturated heterocycles. The van der Waals surface area contributed by atoms with Gasteiger partial charge < -0.3 is 5.11 Å². The van der Waals surface area contributed by atoms with Crippen molar-refractivity contribution >= 4 is 23.2 Å². The summed E-state index contributed by atoms with van der Waals surface area (Å²) in [5.74, 6) is -0.285. The molecule has 4 rings (SSSR count). The number of phenols is 1. The number of amides is 1. The number of nitrogens with zero attached hydrogens (tertiary/aromatic N) is 3. The van der Waals surface area contributed by atoms with Crippen LogP contribution >= 0.6 is 0 Å². The maximum atomic E-state index is 12.8. The Hall–Kier alpha value is -4.06. The lowest BCUT2D eigenvalue weighted by molar-refractivity contribution is 0.0951. The number of phenolic OH excluding ortho intramolecular Hbond substituents is 1. The van der Waals surface area contributed by atoms with Crippen molar-refractivity contribution < 1.29 is 9.90 Å². The number of fused-ring (bicyclic) bond motifs is 1. The first kappa shape index (κ1) is 17.4. The van der Waals surface area contributed by atoms with E-state index in [2.05, 4.69) is 20.5 Å². The van der Waals surface area contributed by atoms with Gasteiger partial charge in [0.15, 0.2) is 5.69 Å². The third-order valence-electron chi connectivity index (χ3n) is 4.11. The summed E-state index contributed by atoms with van der Waals surface area (Å²) in [7, 11) is 0. The molecule has 0 fully saturated rings. The number of hydrazone groups is 1. The fourth-order valence-corrected chi connectivity index (χ4v) is 2.73. The van der Waals surface area contributed by atoms with Gasteiger partial charge in [-0.25, -0.2) is 15.4 Å². The summed E-state index contributed by atoms with van der Waals surface area (Å²) in [6.45, 7) is 0. The number of nitrogens with one attached hydrogen (secondary N) is 1. The van der Waals surface area contributed by atoms with Crippen LogP contribution in [0, 0.1) is 0 Å². The third-order valence-corrected chi connectivity index (χ3v) is 4.11. The minimum atomic E-state index is -0.452. The maximum Gasteiger partial charge on any atom is 0.292 e. The monoisotopic (exact) mass is 368 g/mol. The first-order chi connectivity index (χ1) is 13.7. The van der Waals surface area contributed by atoms with Crippen molar-refractivity contribution in [3.8, 4) is 17.0 Å². The summed E-state index contributed by atoms with van der Waals surface area (Å²) >= 11 is 0. The first-order valence-corrected chi connectivity index (χ1v) is 8.65. The SMILES string of the molecule is O=C(N/N=C/c1ccc(O)cc1)c1nc2ccccc2nc1-c1ccccc1. The largest absolute Gasteiger partial charge is 0.508 e. The molecule has 4 aromatic rings. The van der Waals surface area contributed by atoms with Crippen LogP contribution in [0.5, 0.6) is 5.75 Å². The number of benzene rings is 3. The Bertz CT molecular complexity index is 1160. The lowest BCUT2D eigenvalue weighted by atomic mass is 10.1. The highest BCUT2D eigenvalue weighted by Crippen LogP contribution is 2.23. The molecule has 0 aliphatic carbocycles. The number of para-hydroxylation sites is 2. The van der Waals surface area contributed by atoms with Gasteiger partial charge in [0, 0.05) is 5.56 Å². The summed E-state index contributed by atoms with van der Waals surface area (Å²) in [6, 6.07) is 23.3. The smallest absolute Gasteiger partial charge is 0.292 e. The van der Waals surface area contributed by atoms with Crippen molar-refractivity contribution in [3.63, 3.8) is 0 Å². The van der Waals surface area contributed by atoms with Crippen molar-refractivity contribution in [1.82, 2.24) is 15.4 Å². The Kier molecular flexibility index (Phi) is 4.76. The molecule has 1 aromatic heterocycles. The van der Waals surface area contributed by atoms with Gasteiger partial charge in [0.05, 0.1) is 17.2 Å². The molecule has 0 atom stereocenters. The standard InChI is InChI=1S/C22H16N4O2/c27-17-12-10-15(11-13-17)14-23-26-22(28)21-20(16-6-2-1-3-7-16)24-18-8-4-5-9-19(18)25-21/h1-14,27H,(H,26,28)/b23-14+. The molecule has 1 heterocycles. The molecule has 3 aromatic carbocycles. The molecule has 0 aliphatic heterocycles. The fourth-order valence-electron chi connectivity index (χ4n) is 2.73. The number of rotatable bonds is 4. The molecule has 0 saturated carbocycles. The predicted octanol–water partition coefficient (Wildman–Crippen LogP) is 3.77. The van der Waals surface area contributed by atoms with Crippen LogP contribution in [0.1, 0.15) is 16.1 Å². The summed E-state index contributed by atoms with van der Waals surface area (Å²) in [6.07, 6.45) is 1.49. The van der Waals surface area contributed by atoms with Gasteiger partial charge in [-0.15, -0.1) is 0 Å². The van der Waals surface area contributed by atoms with Gasteiger partial charge in [-0.1, -0.05) is 42.5 Å². The maximum absolute atomic E-state index is 12.8. The van der Waals surface area contributed by atoms with Crippen LogP contribution in [0.3, 0.4) is 0 Å². The van der Waals surface area contributed by atoms with Crippen LogP contribution in [0.2, 0.25) is 0 Å². The molecule has 136 valence electrons. The molecule has 0 aliphatic rings. The molecule has 2 N–H and O–H groups in total. The second kappa shape index (κ2) is 7.67. The van der Waals surface area contributed by atoms with Crippen LogP contribution in [0.4, 0.5) is 0 Å². The van der Waals surface area contributed by atoms with E-state index >= 15 is 0 Å². The lowest BCUT2D eigenvalue weighted by Gasteiger charge is -2.09. The van der Waals surface area contributed by atoms with Crippen LogP contribution in [0.15, 0.2) is 84.0 Å². The number of hydrogen-bond acceptors (Lipinski definition) is 5. The van der Waals surface area contributed by atoms with E-state index in [1.807, 2.05) is 54.6 Å². The van der Waals surface area contributed by atoms with E-state index in [0.29, 0.717) is 16.7 Å². The van der Waals surface area contributed by atoms with E-state index < -0.39 is 5.91 Å². The topological polar surface area (TPSA) is 87.5 Å². The Balaban J connectivity index is 1.68. The van der Waals surface area contributed by atoms with Crippen molar-refractivity contribution in [1.29, 1.82) is 0 Å². The van der Waals surface area contributed by atoms with Crippen molar-refractivity contribution in [2.45, 2.75) is 0 Å². The Labute approximate surface area is 161 Å². The van der Waals surface area contributed by atoms with Gasteiger partial charge in [-0.3, -0.25) is 4.79 Å². The van der Waals surface area contributed by atoms with Crippen LogP contribution in [-0.2, 0) is 0 Å². The second-order valence-electron chi connectivity index (χ2n) is 6.07. The van der Waals surface area contributed by atoms with Gasteiger partial charge >= 0.3 is 0 Å². The van der Waals surface area contributed by atoms with Crippen molar-refractivity contribution in [2.75, 3.05) is 0 Å². The quantitative estimate of drug-likeness (QED) is 0.424. The molecule has 0 unspecified atom stereocenters. The molecule has 28 heavy (non-hydrogen) atoms. The predicted molar refractivity (Wildman–Crippen MR) is 108 cm³/mol. The van der Waals surface area contributed by atoms with E-state index in [1.165, 1.54) is 6.21 Å². The van der Waals surface area contributed by atoms with Crippen LogP contribution in [0.25, 0.3) is 22.3 Å². The minimum Gasteiger partial charge on any atom is -0.508 e. The van der Waals surface area contributed by atoms with Gasteiger partial charge in [0.25, 0.3) is 5.91 Å². The summed E-state index contributed by atoms with van der Waals surface area (Å²) < 4.78 is 0. The second-order valence-corrected chi connectivity index (χ2v) is 6.07. The zero-order chi connectivity index (χ0) is 19.3. The lowest BCUT2D eigenvalue weighted by Crippen LogP contribution is -2.20. The zero-order valence-corrected chi connectivity index (χ0v) is 14.8. The highest BCUT2D eigenvalue weighted by molar-refractivity contribution is 6.00. The summed E-state index contributed by atoms with van der Waals surface area (Å²) in [5.41, 5.74) is 6.09. The molecular formula is C22H16N4O2. The molecule has 0 spiro atoms. The third kappa shape index (κ3) is 3.71. The molecule has 0 radical (unpaired) electrons. The van der Waals surface area contributed by atoms with Gasteiger partial charge in [-0.05, 0) is 42.0 Å². The van der Waals surface area contributed by atoms with E-state index in [1.54, 1.807) is 24.3 Å². The van der Waals surface area contributed by atoms with Gasteiger partial charge in [0.2, 0.25) is 0 Å². The zero-order valence-electron chi connectivity index (χ0n) is 14.8. The summed E-state index contributed by atoms with van der Waals surface area (Å²) in [4.78, 5) is 21.9. The average molecular weight is 368 g/mol. The number of aromatic hydroxyl groups is 1. The van der Waals surface area contributed by atoms with E-state index in [0.717, 1.165) is 11.1 Å². The van der Waals surface area contributed by atoms with E-state index in [-0.39, 0.29) is 11.4 Å². The number of hydrogen-bond donors (Lipinski definition) is 2. The Morgan fingerprint density at radius 3 is 2.21 bits per heavy atom. The highest BCUT2D eigenvalue weighted by Gasteiger charge is 2.17. The fraction of sp³-hybridized carbons (Fsp3) is 0. The minimum absolute atomic E-state index is 0.167. The van der Waals surface area contributed by atoms with E-state index in [9.17, 15) is 9.90 Å². The van der Waals surface area contributed by atoms with Gasteiger partial charge in [0.1, 0.15) is 11.4 Å². The molecule has 6 heteroatoms. The number of carbonyl (C=O) groups is 1. The van der Waals surface area contributed by atoms with Crippen LogP contribution in [-0.4, -0.2) is 27.2 Å².